The van der Waals surface area contributed by atoms with Gasteiger partial charge in [-0.25, -0.2) is 16.8 Å². The van der Waals surface area contributed by atoms with Crippen molar-refractivity contribution in [1.29, 1.82) is 0 Å². The van der Waals surface area contributed by atoms with E-state index in [9.17, 15) is 26.4 Å². The van der Waals surface area contributed by atoms with Crippen molar-refractivity contribution in [2.45, 2.75) is 103 Å². The molecule has 0 saturated carbocycles. The summed E-state index contributed by atoms with van der Waals surface area (Å²) in [7, 11) is -7.42. The van der Waals surface area contributed by atoms with E-state index in [-0.39, 0.29) is 31.1 Å². The van der Waals surface area contributed by atoms with Crippen LogP contribution < -0.4 is 9.47 Å². The van der Waals surface area contributed by atoms with Gasteiger partial charge in [0.15, 0.2) is 11.6 Å². The Labute approximate surface area is 461 Å². The smallest absolute Gasteiger partial charge is 0.206 e. The van der Waals surface area contributed by atoms with Crippen LogP contribution in [0.5, 0.6) is 23.0 Å². The summed E-state index contributed by atoms with van der Waals surface area (Å²) in [6.45, 7) is 23.9. The van der Waals surface area contributed by atoms with Gasteiger partial charge >= 0.3 is 0 Å². The molecule has 9 aromatic carbocycles. The summed E-state index contributed by atoms with van der Waals surface area (Å²) in [6.07, 6.45) is 0. The summed E-state index contributed by atoms with van der Waals surface area (Å²) in [5, 5.41) is 0. The Hall–Kier alpha value is -8.18. The number of hydrogen-bond acceptors (Lipinski definition) is 8. The number of carbonyl (C=O) groups is 2. The van der Waals surface area contributed by atoms with Crippen LogP contribution >= 0.6 is 0 Å². The fourth-order valence-corrected chi connectivity index (χ4v) is 10.8. The number of sulfone groups is 2. The Morgan fingerprint density at radius 1 is 0.244 bits per heavy atom. The van der Waals surface area contributed by atoms with Gasteiger partial charge in [-0.3, -0.25) is 9.59 Å². The molecule has 0 saturated heterocycles. The zero-order chi connectivity index (χ0) is 56.6. The molecule has 0 aliphatic rings. The first-order valence-corrected chi connectivity index (χ1v) is 28.6. The van der Waals surface area contributed by atoms with Crippen LogP contribution in [0.15, 0.2) is 202 Å². The van der Waals surface area contributed by atoms with Crippen LogP contribution in [0.25, 0.3) is 0 Å². The van der Waals surface area contributed by atoms with Gasteiger partial charge in [-0.2, -0.15) is 0 Å². The van der Waals surface area contributed by atoms with E-state index in [1.54, 1.807) is 60.7 Å². The Bertz CT molecular complexity index is 3660. The molecule has 0 amide bonds. The van der Waals surface area contributed by atoms with Gasteiger partial charge in [0, 0.05) is 22.3 Å². The predicted molar refractivity (Wildman–Crippen MR) is 313 cm³/mol. The van der Waals surface area contributed by atoms with Crippen LogP contribution in [0, 0.1) is 83.1 Å². The van der Waals surface area contributed by atoms with Gasteiger partial charge in [-0.15, -0.1) is 0 Å². The maximum Gasteiger partial charge on any atom is 0.206 e. The second-order valence-electron chi connectivity index (χ2n) is 20.0. The molecule has 9 rings (SSSR count). The zero-order valence-corrected chi connectivity index (χ0v) is 48.0. The van der Waals surface area contributed by atoms with Gasteiger partial charge in [-0.05, 0) is 259 Å². The fraction of sp³-hybridized carbons (Fsp3) is 0.176. The van der Waals surface area contributed by atoms with Crippen LogP contribution in [0.3, 0.4) is 0 Å². The number of hydrogen-bond donors (Lipinski definition) is 0. The van der Waals surface area contributed by atoms with Gasteiger partial charge in [0.25, 0.3) is 0 Å². The minimum atomic E-state index is -3.71. The van der Waals surface area contributed by atoms with Crippen molar-refractivity contribution in [2.75, 3.05) is 0 Å². The first kappa shape index (κ1) is 57.5. The Morgan fingerprint density at radius 2 is 0.474 bits per heavy atom. The molecule has 0 heterocycles. The first-order valence-electron chi connectivity index (χ1n) is 25.6. The Morgan fingerprint density at radius 3 is 0.756 bits per heavy atom. The van der Waals surface area contributed by atoms with Crippen molar-refractivity contribution < 1.29 is 35.9 Å². The maximum atomic E-state index is 12.9. The van der Waals surface area contributed by atoms with E-state index in [1.165, 1.54) is 46.5 Å². The summed E-state index contributed by atoms with van der Waals surface area (Å²) in [6, 6.07) is 53.6. The minimum Gasteiger partial charge on any atom is -0.457 e. The highest BCUT2D eigenvalue weighted by Crippen LogP contribution is 2.30. The number of rotatable bonds is 12. The molecule has 0 aliphatic carbocycles. The molecule has 0 aliphatic heterocycles. The number of aryl methyl sites for hydroxylation is 12. The van der Waals surface area contributed by atoms with E-state index < -0.39 is 19.7 Å². The monoisotopic (exact) mass is 1070 g/mol. The average molecular weight is 1080 g/mol. The zero-order valence-electron chi connectivity index (χ0n) is 46.4. The van der Waals surface area contributed by atoms with Gasteiger partial charge in [0.05, 0.1) is 19.6 Å². The van der Waals surface area contributed by atoms with Crippen LogP contribution in [-0.2, 0) is 19.7 Å². The molecule has 0 fully saturated rings. The van der Waals surface area contributed by atoms with E-state index in [1.807, 2.05) is 128 Å². The quantitative estimate of drug-likeness (QED) is 0.111. The molecule has 0 atom stereocenters. The minimum absolute atomic E-state index is 0.0294. The third kappa shape index (κ3) is 13.9. The van der Waals surface area contributed by atoms with E-state index in [2.05, 4.69) is 52.0 Å². The molecule has 0 radical (unpaired) electrons. The van der Waals surface area contributed by atoms with E-state index >= 15 is 0 Å². The molecule has 0 bridgehead atoms. The van der Waals surface area contributed by atoms with Gasteiger partial charge in [0.2, 0.25) is 19.7 Å². The fourth-order valence-electron chi connectivity index (χ4n) is 8.11. The van der Waals surface area contributed by atoms with Crippen molar-refractivity contribution in [2.24, 2.45) is 0 Å². The van der Waals surface area contributed by atoms with Crippen molar-refractivity contribution in [3.8, 4) is 23.0 Å². The van der Waals surface area contributed by atoms with Crippen LogP contribution in [0.2, 0.25) is 0 Å². The SMILES string of the molecule is Cc1ccc(C(=O)c2ccc(C(=O)c3ccc(C)c(C)c3)cc2)cc1C.Cc1ccc(Oc2ccc(Oc3ccc(C)c(C)c3)cc2)cc1C.Cc1ccc(S(=O)(=O)c2ccc(S(=O)(=O)c3ccc(C)c(C)c3)cc2)cc1C. The van der Waals surface area contributed by atoms with Crippen molar-refractivity contribution in [3.63, 3.8) is 0 Å². The highest BCUT2D eigenvalue weighted by Gasteiger charge is 2.22. The number of ether oxygens (including phenoxy) is 2. The number of benzene rings is 9. The molecule has 78 heavy (non-hydrogen) atoms. The van der Waals surface area contributed by atoms with Gasteiger partial charge in [0.1, 0.15) is 23.0 Å². The lowest BCUT2D eigenvalue weighted by Crippen LogP contribution is -2.05. The number of ketones is 2. The molecular formula is C68H66O8S2. The van der Waals surface area contributed by atoms with E-state index in [4.69, 9.17) is 9.47 Å². The summed E-state index contributed by atoms with van der Waals surface area (Å²) in [4.78, 5) is 25.8. The highest BCUT2D eigenvalue weighted by molar-refractivity contribution is 7.92. The summed E-state index contributed by atoms with van der Waals surface area (Å²) >= 11 is 0. The predicted octanol–water partition coefficient (Wildman–Crippen LogP) is 16.5. The Kier molecular flexibility index (Phi) is 18.0. The molecule has 0 aromatic heterocycles. The van der Waals surface area contributed by atoms with Crippen LogP contribution in [0.4, 0.5) is 0 Å². The van der Waals surface area contributed by atoms with Crippen molar-refractivity contribution in [1.82, 2.24) is 0 Å². The standard InChI is InChI=1S/C24H22O2.C22H22O4S2.C22H22O2/c1-15-5-7-21(13-17(15)3)23(25)19-9-11-20(12-10-19)24(26)22-8-6-16(2)18(4)14-22;1-15-5-7-21(13-17(15)3)27(23,24)19-9-11-20(12-10-19)28(25,26)22-8-6-16(2)18(4)14-22;1-15-5-7-21(13-17(15)3)23-19-9-11-20(12-10-19)24-22-8-6-16(2)18(4)14-22/h5-14H,1-4H3;5-14H,1-4H3;5-14H,1-4H3. The summed E-state index contributed by atoms with van der Waals surface area (Å²) < 4.78 is 63.2. The maximum absolute atomic E-state index is 12.9. The Balaban J connectivity index is 0.000000170. The van der Waals surface area contributed by atoms with Crippen molar-refractivity contribution in [3.05, 3.63) is 271 Å². The lowest BCUT2D eigenvalue weighted by Gasteiger charge is -2.10. The van der Waals surface area contributed by atoms with Crippen molar-refractivity contribution >= 4 is 31.2 Å². The third-order valence-electron chi connectivity index (χ3n) is 14.2. The molecule has 8 nitrogen and oxygen atoms in total. The van der Waals surface area contributed by atoms with Gasteiger partial charge < -0.3 is 9.47 Å². The number of carbonyl (C=O) groups excluding carboxylic acids is 2. The molecule has 10 heteroatoms. The van der Waals surface area contributed by atoms with E-state index in [0.717, 1.165) is 67.5 Å². The molecule has 0 N–H and O–H groups in total. The molecule has 0 spiro atoms. The lowest BCUT2D eigenvalue weighted by atomic mass is 9.96. The second-order valence-corrected chi connectivity index (χ2v) is 23.9. The molecule has 0 unspecified atom stereocenters. The summed E-state index contributed by atoms with van der Waals surface area (Å²) in [5.41, 5.74) is 15.8. The third-order valence-corrected chi connectivity index (χ3v) is 17.8. The second kappa shape index (κ2) is 24.4. The van der Waals surface area contributed by atoms with E-state index in [0.29, 0.717) is 22.3 Å². The molecule has 9 aromatic rings. The average Bonchev–Trinajstić information content (AvgIpc) is 3.45. The topological polar surface area (TPSA) is 121 Å². The normalized spacial score (nSPS) is 11.1. The van der Waals surface area contributed by atoms with Gasteiger partial charge in [-0.1, -0.05) is 72.8 Å². The largest absolute Gasteiger partial charge is 0.457 e. The highest BCUT2D eigenvalue weighted by atomic mass is 32.2. The van der Waals surface area contributed by atoms with Crippen LogP contribution in [0.1, 0.15) is 98.6 Å². The molecular weight excluding hydrogens is 1010 g/mol. The molecule has 398 valence electrons. The van der Waals surface area contributed by atoms with Crippen LogP contribution in [-0.4, -0.2) is 28.4 Å². The lowest BCUT2D eigenvalue weighted by molar-refractivity contribution is 0.102. The first-order chi connectivity index (χ1) is 36.9. The summed E-state index contributed by atoms with van der Waals surface area (Å²) in [5.74, 6) is 3.23.